The molecule has 0 radical (unpaired) electrons. The van der Waals surface area contributed by atoms with Crippen molar-refractivity contribution in [3.8, 4) is 0 Å². The first kappa shape index (κ1) is 17.1. The minimum absolute atomic E-state index is 0.0674. The Balaban J connectivity index is 1.90. The van der Waals surface area contributed by atoms with Crippen LogP contribution < -0.4 is 5.32 Å². The molecule has 1 aromatic carbocycles. The van der Waals surface area contributed by atoms with Crippen molar-refractivity contribution in [1.82, 2.24) is 20.1 Å². The second-order valence-electron chi connectivity index (χ2n) is 6.77. The highest BCUT2D eigenvalue weighted by molar-refractivity contribution is 5.98. The van der Waals surface area contributed by atoms with E-state index in [2.05, 4.69) is 42.2 Å². The van der Waals surface area contributed by atoms with Gasteiger partial charge in [-0.1, -0.05) is 24.3 Å². The first-order valence-corrected chi connectivity index (χ1v) is 8.59. The van der Waals surface area contributed by atoms with Gasteiger partial charge in [0.15, 0.2) is 5.65 Å². The Morgan fingerprint density at radius 2 is 1.88 bits per heavy atom. The predicted molar refractivity (Wildman–Crippen MR) is 99.7 cm³/mol. The van der Waals surface area contributed by atoms with Gasteiger partial charge < -0.3 is 5.32 Å². The maximum Gasteiger partial charge on any atom is 0.253 e. The highest BCUT2D eigenvalue weighted by atomic mass is 16.1. The number of fused-ring (bicyclic) bond motifs is 1. The monoisotopic (exact) mass is 336 g/mol. The Kier molecular flexibility index (Phi) is 4.57. The maximum absolute atomic E-state index is 12.8. The van der Waals surface area contributed by atoms with Gasteiger partial charge in [-0.15, -0.1) is 0 Å². The lowest BCUT2D eigenvalue weighted by Crippen LogP contribution is -2.28. The van der Waals surface area contributed by atoms with Gasteiger partial charge in [0.25, 0.3) is 5.91 Å². The van der Waals surface area contributed by atoms with Gasteiger partial charge in [-0.2, -0.15) is 5.10 Å². The van der Waals surface area contributed by atoms with E-state index in [0.29, 0.717) is 11.3 Å². The van der Waals surface area contributed by atoms with Crippen LogP contribution in [0.2, 0.25) is 0 Å². The largest absolute Gasteiger partial charge is 0.345 e. The summed E-state index contributed by atoms with van der Waals surface area (Å²) in [6.45, 7) is 10.0. The molecule has 2 heterocycles. The van der Waals surface area contributed by atoms with Gasteiger partial charge >= 0.3 is 0 Å². The minimum Gasteiger partial charge on any atom is -0.345 e. The summed E-state index contributed by atoms with van der Waals surface area (Å²) < 4.78 is 1.87. The quantitative estimate of drug-likeness (QED) is 0.779. The number of carbonyl (C=O) groups excluding carboxylic acids is 1. The molecule has 130 valence electrons. The minimum atomic E-state index is -0.111. The molecule has 0 unspecified atom stereocenters. The Morgan fingerprint density at radius 1 is 1.16 bits per heavy atom. The van der Waals surface area contributed by atoms with Crippen LogP contribution in [0.1, 0.15) is 60.0 Å². The molecule has 0 aliphatic heterocycles. The summed E-state index contributed by atoms with van der Waals surface area (Å²) >= 11 is 0. The number of carbonyl (C=O) groups is 1. The van der Waals surface area contributed by atoms with E-state index in [0.717, 1.165) is 16.6 Å². The first-order valence-electron chi connectivity index (χ1n) is 8.59. The van der Waals surface area contributed by atoms with E-state index < -0.39 is 0 Å². The number of hydrogen-bond acceptors (Lipinski definition) is 3. The van der Waals surface area contributed by atoms with Crippen LogP contribution in [0.4, 0.5) is 0 Å². The zero-order valence-electron chi connectivity index (χ0n) is 15.4. The van der Waals surface area contributed by atoms with Gasteiger partial charge in [-0.05, 0) is 51.8 Å². The molecule has 1 atom stereocenters. The highest BCUT2D eigenvalue weighted by Gasteiger charge is 2.18. The van der Waals surface area contributed by atoms with Crippen molar-refractivity contribution >= 4 is 16.9 Å². The van der Waals surface area contributed by atoms with E-state index in [1.54, 1.807) is 6.20 Å². The third-order valence-electron chi connectivity index (χ3n) is 4.50. The van der Waals surface area contributed by atoms with Crippen LogP contribution in [0.25, 0.3) is 11.0 Å². The molecule has 3 rings (SSSR count). The summed E-state index contributed by atoms with van der Waals surface area (Å²) in [5.41, 5.74) is 4.41. The lowest BCUT2D eigenvalue weighted by Gasteiger charge is -2.17. The van der Waals surface area contributed by atoms with Gasteiger partial charge in [-0.25, -0.2) is 9.67 Å². The summed E-state index contributed by atoms with van der Waals surface area (Å²) in [6, 6.07) is 10.1. The summed E-state index contributed by atoms with van der Waals surface area (Å²) in [7, 11) is 0. The number of benzene rings is 1. The van der Waals surface area contributed by atoms with Gasteiger partial charge in [0.1, 0.15) is 0 Å². The van der Waals surface area contributed by atoms with Crippen molar-refractivity contribution in [1.29, 1.82) is 0 Å². The normalized spacial score (nSPS) is 12.6. The van der Waals surface area contributed by atoms with Crippen molar-refractivity contribution in [3.63, 3.8) is 0 Å². The Labute approximate surface area is 148 Å². The molecular formula is C20H24N4O. The molecule has 0 bridgehead atoms. The van der Waals surface area contributed by atoms with E-state index in [-0.39, 0.29) is 18.0 Å². The Morgan fingerprint density at radius 3 is 2.56 bits per heavy atom. The topological polar surface area (TPSA) is 59.8 Å². The Hall–Kier alpha value is -2.69. The number of pyridine rings is 1. The SMILES string of the molecule is Cc1ccccc1[C@@H](C)NC(=O)c1cc2cnn(C(C)C)c2nc1C. The number of amides is 1. The van der Waals surface area contributed by atoms with E-state index in [1.165, 1.54) is 5.56 Å². The van der Waals surface area contributed by atoms with E-state index in [1.807, 2.05) is 42.8 Å². The number of rotatable bonds is 4. The number of hydrogen-bond donors (Lipinski definition) is 1. The van der Waals surface area contributed by atoms with Crippen LogP contribution in [-0.2, 0) is 0 Å². The molecule has 1 N–H and O–H groups in total. The molecule has 1 amide bonds. The molecule has 5 heteroatoms. The summed E-state index contributed by atoms with van der Waals surface area (Å²) in [5.74, 6) is -0.111. The van der Waals surface area contributed by atoms with E-state index >= 15 is 0 Å². The second kappa shape index (κ2) is 6.67. The lowest BCUT2D eigenvalue weighted by molar-refractivity contribution is 0.0939. The molecule has 5 nitrogen and oxygen atoms in total. The summed E-state index contributed by atoms with van der Waals surface area (Å²) in [4.78, 5) is 17.4. The van der Waals surface area contributed by atoms with Gasteiger partial charge in [0.2, 0.25) is 0 Å². The van der Waals surface area contributed by atoms with Gasteiger partial charge in [-0.3, -0.25) is 4.79 Å². The second-order valence-corrected chi connectivity index (χ2v) is 6.77. The van der Waals surface area contributed by atoms with Crippen LogP contribution in [0, 0.1) is 13.8 Å². The van der Waals surface area contributed by atoms with Crippen LogP contribution in [-0.4, -0.2) is 20.7 Å². The molecule has 2 aromatic heterocycles. The van der Waals surface area contributed by atoms with E-state index in [4.69, 9.17) is 0 Å². The van der Waals surface area contributed by atoms with Crippen molar-refractivity contribution in [2.24, 2.45) is 0 Å². The lowest BCUT2D eigenvalue weighted by atomic mass is 10.0. The molecule has 25 heavy (non-hydrogen) atoms. The standard InChI is InChI=1S/C20H24N4O/c1-12(2)24-19-16(11-21-24)10-18(15(5)22-19)20(25)23-14(4)17-9-7-6-8-13(17)3/h6-12,14H,1-5H3,(H,23,25)/t14-/m1/s1. The maximum atomic E-state index is 12.8. The summed E-state index contributed by atoms with van der Waals surface area (Å²) in [6.07, 6.45) is 1.77. The fraction of sp³-hybridized carbons (Fsp3) is 0.350. The molecule has 3 aromatic rings. The van der Waals surface area contributed by atoms with Crippen molar-refractivity contribution in [2.45, 2.75) is 46.7 Å². The van der Waals surface area contributed by atoms with Crippen LogP contribution >= 0.6 is 0 Å². The van der Waals surface area contributed by atoms with Crippen LogP contribution in [0.15, 0.2) is 36.5 Å². The molecule has 0 aliphatic rings. The number of nitrogens with zero attached hydrogens (tertiary/aromatic N) is 3. The molecule has 0 saturated heterocycles. The summed E-state index contributed by atoms with van der Waals surface area (Å²) in [5, 5.41) is 8.34. The molecular weight excluding hydrogens is 312 g/mol. The fourth-order valence-electron chi connectivity index (χ4n) is 3.10. The molecule has 0 aliphatic carbocycles. The third-order valence-corrected chi connectivity index (χ3v) is 4.50. The van der Waals surface area contributed by atoms with Gasteiger partial charge in [0.05, 0.1) is 23.5 Å². The number of aryl methyl sites for hydroxylation is 2. The molecule has 0 saturated carbocycles. The molecule has 0 fully saturated rings. The fourth-order valence-corrected chi connectivity index (χ4v) is 3.10. The highest BCUT2D eigenvalue weighted by Crippen LogP contribution is 2.21. The first-order chi connectivity index (χ1) is 11.9. The number of nitrogens with one attached hydrogen (secondary N) is 1. The number of aromatic nitrogens is 3. The van der Waals surface area contributed by atoms with Crippen molar-refractivity contribution in [2.75, 3.05) is 0 Å². The Bertz CT molecular complexity index is 927. The smallest absolute Gasteiger partial charge is 0.253 e. The molecule has 0 spiro atoms. The van der Waals surface area contributed by atoms with Crippen molar-refractivity contribution in [3.05, 3.63) is 58.9 Å². The average Bonchev–Trinajstić information content (AvgIpc) is 2.97. The average molecular weight is 336 g/mol. The predicted octanol–water partition coefficient (Wildman–Crippen LogP) is 4.12. The van der Waals surface area contributed by atoms with Crippen LogP contribution in [0.5, 0.6) is 0 Å². The van der Waals surface area contributed by atoms with Crippen molar-refractivity contribution < 1.29 is 4.79 Å². The zero-order chi connectivity index (χ0) is 18.1. The third kappa shape index (κ3) is 3.27. The van der Waals surface area contributed by atoms with Gasteiger partial charge in [0, 0.05) is 11.4 Å². The zero-order valence-corrected chi connectivity index (χ0v) is 15.4. The van der Waals surface area contributed by atoms with Crippen LogP contribution in [0.3, 0.4) is 0 Å². The van der Waals surface area contributed by atoms with E-state index in [9.17, 15) is 4.79 Å².